The normalized spacial score (nSPS) is 11.4. The molecule has 0 bridgehead atoms. The first-order valence-electron chi connectivity index (χ1n) is 6.49. The monoisotopic (exact) mass is 273 g/mol. The second-order valence-electron chi connectivity index (χ2n) is 5.79. The van der Waals surface area contributed by atoms with Crippen LogP contribution in [-0.2, 0) is 5.41 Å². The van der Waals surface area contributed by atoms with E-state index >= 15 is 0 Å². The van der Waals surface area contributed by atoms with Crippen molar-refractivity contribution in [2.24, 2.45) is 0 Å². The maximum absolute atomic E-state index is 11.2. The molecular formula is C16H19NO3. The van der Waals surface area contributed by atoms with Crippen molar-refractivity contribution in [2.45, 2.75) is 33.1 Å². The Kier molecular flexibility index (Phi) is 3.66. The molecule has 1 heterocycles. The van der Waals surface area contributed by atoms with Gasteiger partial charge in [-0.2, -0.15) is 0 Å². The van der Waals surface area contributed by atoms with Gasteiger partial charge in [-0.05, 0) is 30.0 Å². The van der Waals surface area contributed by atoms with Gasteiger partial charge in [-0.1, -0.05) is 32.0 Å². The number of ether oxygens (including phenoxy) is 1. The second kappa shape index (κ2) is 5.12. The third-order valence-corrected chi connectivity index (χ3v) is 3.34. The van der Waals surface area contributed by atoms with Gasteiger partial charge in [0.15, 0.2) is 12.0 Å². The smallest absolute Gasteiger partial charge is 0.181 e. The van der Waals surface area contributed by atoms with Crippen LogP contribution in [0.1, 0.15) is 42.4 Å². The highest BCUT2D eigenvalue weighted by molar-refractivity contribution is 5.87. The van der Waals surface area contributed by atoms with Crippen molar-refractivity contribution < 1.29 is 14.1 Å². The number of methoxy groups -OCH3 is 1. The van der Waals surface area contributed by atoms with E-state index in [1.165, 1.54) is 0 Å². The Bertz CT molecular complexity index is 636. The van der Waals surface area contributed by atoms with E-state index in [9.17, 15) is 4.79 Å². The first kappa shape index (κ1) is 14.3. The largest absolute Gasteiger partial charge is 0.496 e. The van der Waals surface area contributed by atoms with Crippen LogP contribution >= 0.6 is 0 Å². The summed E-state index contributed by atoms with van der Waals surface area (Å²) in [6.07, 6.45) is 0.768. The van der Waals surface area contributed by atoms with Crippen LogP contribution < -0.4 is 4.74 Å². The van der Waals surface area contributed by atoms with E-state index in [2.05, 4.69) is 25.9 Å². The van der Waals surface area contributed by atoms with Crippen molar-refractivity contribution in [3.63, 3.8) is 0 Å². The number of carbonyl (C=O) groups is 1. The van der Waals surface area contributed by atoms with Crippen LogP contribution in [0.4, 0.5) is 0 Å². The SMILES string of the molecule is COc1ccc(C(C)(C)C)cc1-c1onc(C)c1C=O. The maximum atomic E-state index is 11.2. The van der Waals surface area contributed by atoms with Crippen LogP contribution in [0.3, 0.4) is 0 Å². The first-order valence-corrected chi connectivity index (χ1v) is 6.49. The highest BCUT2D eigenvalue weighted by Crippen LogP contribution is 2.36. The number of hydrogen-bond donors (Lipinski definition) is 0. The minimum absolute atomic E-state index is 0.00255. The average molecular weight is 273 g/mol. The fourth-order valence-corrected chi connectivity index (χ4v) is 2.06. The molecule has 106 valence electrons. The van der Waals surface area contributed by atoms with Crippen molar-refractivity contribution in [1.29, 1.82) is 0 Å². The van der Waals surface area contributed by atoms with Crippen LogP contribution in [-0.4, -0.2) is 18.6 Å². The Morgan fingerprint density at radius 3 is 2.55 bits per heavy atom. The molecule has 20 heavy (non-hydrogen) atoms. The van der Waals surface area contributed by atoms with Gasteiger partial charge in [-0.15, -0.1) is 0 Å². The summed E-state index contributed by atoms with van der Waals surface area (Å²) in [7, 11) is 1.60. The van der Waals surface area contributed by atoms with Gasteiger partial charge in [0, 0.05) is 0 Å². The Morgan fingerprint density at radius 1 is 1.30 bits per heavy atom. The van der Waals surface area contributed by atoms with Gasteiger partial charge in [0.25, 0.3) is 0 Å². The highest BCUT2D eigenvalue weighted by Gasteiger charge is 2.21. The lowest BCUT2D eigenvalue weighted by Crippen LogP contribution is -2.11. The zero-order valence-electron chi connectivity index (χ0n) is 12.5. The van der Waals surface area contributed by atoms with E-state index in [1.807, 2.05) is 18.2 Å². The zero-order valence-corrected chi connectivity index (χ0v) is 12.5. The molecule has 0 aliphatic rings. The molecular weight excluding hydrogens is 254 g/mol. The van der Waals surface area contributed by atoms with Crippen LogP contribution in [0.5, 0.6) is 5.75 Å². The summed E-state index contributed by atoms with van der Waals surface area (Å²) < 4.78 is 10.7. The fraction of sp³-hybridized carbons (Fsp3) is 0.375. The van der Waals surface area contributed by atoms with Gasteiger partial charge in [-0.25, -0.2) is 0 Å². The van der Waals surface area contributed by atoms with Gasteiger partial charge in [0.1, 0.15) is 5.75 Å². The Morgan fingerprint density at radius 2 is 2.00 bits per heavy atom. The molecule has 0 amide bonds. The molecule has 4 nitrogen and oxygen atoms in total. The number of benzene rings is 1. The van der Waals surface area contributed by atoms with E-state index in [-0.39, 0.29) is 5.41 Å². The molecule has 0 radical (unpaired) electrons. The van der Waals surface area contributed by atoms with Crippen LogP contribution in [0.2, 0.25) is 0 Å². The molecule has 0 aliphatic carbocycles. The third kappa shape index (κ3) is 2.46. The highest BCUT2D eigenvalue weighted by atomic mass is 16.5. The molecule has 0 unspecified atom stereocenters. The molecule has 0 fully saturated rings. The van der Waals surface area contributed by atoms with E-state index in [4.69, 9.17) is 9.26 Å². The van der Waals surface area contributed by atoms with Crippen molar-refractivity contribution in [3.8, 4) is 17.1 Å². The Hall–Kier alpha value is -2.10. The summed E-state index contributed by atoms with van der Waals surface area (Å²) in [6.45, 7) is 8.14. The minimum atomic E-state index is -0.00255. The lowest BCUT2D eigenvalue weighted by atomic mass is 9.85. The topological polar surface area (TPSA) is 52.3 Å². The third-order valence-electron chi connectivity index (χ3n) is 3.34. The van der Waals surface area contributed by atoms with Crippen LogP contribution in [0.15, 0.2) is 22.7 Å². The summed E-state index contributed by atoms with van der Waals surface area (Å²) in [5.74, 6) is 1.12. The predicted molar refractivity (Wildman–Crippen MR) is 77.3 cm³/mol. The molecule has 1 aromatic heterocycles. The molecule has 1 aromatic carbocycles. The molecule has 0 N–H and O–H groups in total. The van der Waals surface area contributed by atoms with Gasteiger partial charge in [0.05, 0.1) is 23.9 Å². The van der Waals surface area contributed by atoms with E-state index < -0.39 is 0 Å². The quantitative estimate of drug-likeness (QED) is 0.799. The molecule has 0 atom stereocenters. The number of carbonyl (C=O) groups excluding carboxylic acids is 1. The van der Waals surface area contributed by atoms with Crippen LogP contribution in [0.25, 0.3) is 11.3 Å². The predicted octanol–water partition coefficient (Wildman–Crippen LogP) is 3.77. The Labute approximate surface area is 118 Å². The number of nitrogens with zero attached hydrogens (tertiary/aromatic N) is 1. The standard InChI is InChI=1S/C16H19NO3/c1-10-13(9-18)15(20-17-10)12-8-11(16(2,3)4)6-7-14(12)19-5/h6-9H,1-5H3. The van der Waals surface area contributed by atoms with Gasteiger partial charge >= 0.3 is 0 Å². The fourth-order valence-electron chi connectivity index (χ4n) is 2.06. The zero-order chi connectivity index (χ0) is 14.9. The first-order chi connectivity index (χ1) is 9.38. The molecule has 2 rings (SSSR count). The molecule has 0 aliphatic heterocycles. The summed E-state index contributed by atoms with van der Waals surface area (Å²) in [5.41, 5.74) is 2.94. The summed E-state index contributed by atoms with van der Waals surface area (Å²) in [5, 5.41) is 3.87. The molecule has 2 aromatic rings. The van der Waals surface area contributed by atoms with Gasteiger partial charge in [-0.3, -0.25) is 4.79 Å². The second-order valence-corrected chi connectivity index (χ2v) is 5.79. The number of aryl methyl sites for hydroxylation is 1. The number of aldehydes is 1. The van der Waals surface area contributed by atoms with E-state index in [1.54, 1.807) is 14.0 Å². The lowest BCUT2D eigenvalue weighted by molar-refractivity contribution is 0.112. The maximum Gasteiger partial charge on any atom is 0.181 e. The van der Waals surface area contributed by atoms with E-state index in [0.29, 0.717) is 22.8 Å². The van der Waals surface area contributed by atoms with Crippen molar-refractivity contribution in [3.05, 3.63) is 35.0 Å². The van der Waals surface area contributed by atoms with Gasteiger partial charge in [0.2, 0.25) is 0 Å². The van der Waals surface area contributed by atoms with Crippen molar-refractivity contribution >= 4 is 6.29 Å². The number of hydrogen-bond acceptors (Lipinski definition) is 4. The van der Waals surface area contributed by atoms with E-state index in [0.717, 1.165) is 17.4 Å². The minimum Gasteiger partial charge on any atom is -0.496 e. The number of rotatable bonds is 3. The average Bonchev–Trinajstić information content (AvgIpc) is 2.77. The van der Waals surface area contributed by atoms with Crippen molar-refractivity contribution in [1.82, 2.24) is 5.16 Å². The summed E-state index contributed by atoms with van der Waals surface area (Å²) in [4.78, 5) is 11.2. The summed E-state index contributed by atoms with van der Waals surface area (Å²) >= 11 is 0. The number of aromatic nitrogens is 1. The molecule has 0 saturated carbocycles. The molecule has 4 heteroatoms. The van der Waals surface area contributed by atoms with Crippen molar-refractivity contribution in [2.75, 3.05) is 7.11 Å². The molecule has 0 saturated heterocycles. The Balaban J connectivity index is 2.67. The molecule has 0 spiro atoms. The van der Waals surface area contributed by atoms with Gasteiger partial charge < -0.3 is 9.26 Å². The van der Waals surface area contributed by atoms with Crippen LogP contribution in [0, 0.1) is 6.92 Å². The summed E-state index contributed by atoms with van der Waals surface area (Å²) in [6, 6.07) is 5.90. The lowest BCUT2D eigenvalue weighted by Gasteiger charge is -2.20.